The zero-order chi connectivity index (χ0) is 16.4. The highest BCUT2D eigenvalue weighted by Crippen LogP contribution is 2.27. The largest absolute Gasteiger partial charge is 0.497 e. The van der Waals surface area contributed by atoms with Gasteiger partial charge in [-0.15, -0.1) is 0 Å². The maximum Gasteiger partial charge on any atom is 0.335 e. The Morgan fingerprint density at radius 2 is 1.73 bits per heavy atom. The molecule has 1 rings (SSSR count). The van der Waals surface area contributed by atoms with Gasteiger partial charge in [-0.2, -0.15) is 0 Å². The number of unbranched alkanes of at least 4 members (excludes halogenated alkanes) is 6. The normalized spacial score (nSPS) is 12.1. The number of hydrogen-bond donors (Lipinski definition) is 1. The first-order chi connectivity index (χ1) is 10.6. The fourth-order valence-corrected chi connectivity index (χ4v) is 2.72. The van der Waals surface area contributed by atoms with E-state index in [9.17, 15) is 9.90 Å². The lowest BCUT2D eigenvalue weighted by Gasteiger charge is -2.14. The predicted octanol–water partition coefficient (Wildman–Crippen LogP) is 5.64. The first-order valence-electron chi connectivity index (χ1n) is 8.50. The van der Waals surface area contributed by atoms with Crippen molar-refractivity contribution in [3.05, 3.63) is 29.3 Å². The average molecular weight is 306 g/mol. The van der Waals surface area contributed by atoms with Crippen LogP contribution in [0.4, 0.5) is 0 Å². The third-order valence-electron chi connectivity index (χ3n) is 4.22. The maximum absolute atomic E-state index is 11.2. The van der Waals surface area contributed by atoms with Crippen molar-refractivity contribution in [2.75, 3.05) is 7.11 Å². The molecule has 3 nitrogen and oxygen atoms in total. The van der Waals surface area contributed by atoms with E-state index in [-0.39, 0.29) is 0 Å². The van der Waals surface area contributed by atoms with Crippen molar-refractivity contribution in [1.29, 1.82) is 0 Å². The molecule has 0 aliphatic carbocycles. The smallest absolute Gasteiger partial charge is 0.335 e. The van der Waals surface area contributed by atoms with Gasteiger partial charge in [0.2, 0.25) is 0 Å². The van der Waals surface area contributed by atoms with Crippen LogP contribution in [0.2, 0.25) is 0 Å². The molecule has 1 aromatic carbocycles. The Morgan fingerprint density at radius 1 is 1.09 bits per heavy atom. The minimum absolute atomic E-state index is 0.306. The fraction of sp³-hybridized carbons (Fsp3) is 0.632. The second kappa shape index (κ2) is 10.3. The highest BCUT2D eigenvalue weighted by molar-refractivity contribution is 5.88. The Kier molecular flexibility index (Phi) is 8.64. The van der Waals surface area contributed by atoms with Crippen LogP contribution in [0.25, 0.3) is 0 Å². The number of rotatable bonds is 11. The van der Waals surface area contributed by atoms with Crippen LogP contribution in [0.3, 0.4) is 0 Å². The summed E-state index contributed by atoms with van der Waals surface area (Å²) in [6.45, 7) is 4.40. The summed E-state index contributed by atoms with van der Waals surface area (Å²) in [6.07, 6.45) is 10.2. The number of methoxy groups -OCH3 is 1. The van der Waals surface area contributed by atoms with Crippen molar-refractivity contribution in [3.8, 4) is 5.75 Å². The van der Waals surface area contributed by atoms with E-state index in [1.165, 1.54) is 44.9 Å². The molecule has 0 bridgehead atoms. The third kappa shape index (κ3) is 6.50. The molecule has 1 N–H and O–H groups in total. The van der Waals surface area contributed by atoms with Crippen LogP contribution >= 0.6 is 0 Å². The molecule has 0 heterocycles. The number of carboxylic acids is 1. The van der Waals surface area contributed by atoms with Gasteiger partial charge in [0.05, 0.1) is 12.7 Å². The summed E-state index contributed by atoms with van der Waals surface area (Å²) in [4.78, 5) is 11.2. The Morgan fingerprint density at radius 3 is 2.32 bits per heavy atom. The molecule has 3 heteroatoms. The molecule has 22 heavy (non-hydrogen) atoms. The molecule has 0 saturated heterocycles. The van der Waals surface area contributed by atoms with Gasteiger partial charge in [0, 0.05) is 0 Å². The van der Waals surface area contributed by atoms with E-state index in [0.717, 1.165) is 12.0 Å². The molecule has 0 radical (unpaired) electrons. The van der Waals surface area contributed by atoms with Crippen LogP contribution in [-0.2, 0) is 0 Å². The zero-order valence-corrected chi connectivity index (χ0v) is 14.2. The van der Waals surface area contributed by atoms with Gasteiger partial charge in [0.25, 0.3) is 0 Å². The second-order valence-corrected chi connectivity index (χ2v) is 6.11. The van der Waals surface area contributed by atoms with Crippen LogP contribution < -0.4 is 4.74 Å². The molecule has 0 saturated carbocycles. The summed E-state index contributed by atoms with van der Waals surface area (Å²) in [5.74, 6) is 0.0911. The Bertz CT molecular complexity index is 454. The molecule has 0 unspecified atom stereocenters. The van der Waals surface area contributed by atoms with Gasteiger partial charge in [0.1, 0.15) is 5.75 Å². The van der Waals surface area contributed by atoms with Gasteiger partial charge >= 0.3 is 5.97 Å². The number of carbonyl (C=O) groups is 1. The van der Waals surface area contributed by atoms with Gasteiger partial charge < -0.3 is 9.84 Å². The van der Waals surface area contributed by atoms with Gasteiger partial charge in [-0.3, -0.25) is 0 Å². The molecule has 124 valence electrons. The van der Waals surface area contributed by atoms with Crippen molar-refractivity contribution in [3.63, 3.8) is 0 Å². The minimum Gasteiger partial charge on any atom is -0.497 e. The molecular weight excluding hydrogens is 276 g/mol. The first kappa shape index (κ1) is 18.5. The van der Waals surface area contributed by atoms with Gasteiger partial charge in [-0.05, 0) is 36.1 Å². The highest BCUT2D eigenvalue weighted by Gasteiger charge is 2.12. The number of aromatic carboxylic acids is 1. The van der Waals surface area contributed by atoms with Crippen molar-refractivity contribution < 1.29 is 14.6 Å². The second-order valence-electron chi connectivity index (χ2n) is 6.11. The van der Waals surface area contributed by atoms with Crippen LogP contribution in [0.15, 0.2) is 18.2 Å². The van der Waals surface area contributed by atoms with E-state index in [4.69, 9.17) is 4.74 Å². The van der Waals surface area contributed by atoms with E-state index < -0.39 is 5.97 Å². The average Bonchev–Trinajstić information content (AvgIpc) is 2.53. The Hall–Kier alpha value is -1.51. The SMILES string of the molecule is CCCCCCCCC[C@@H](C)c1cc(OC)cc(C(=O)O)c1. The number of ether oxygens (including phenoxy) is 1. The van der Waals surface area contributed by atoms with Crippen molar-refractivity contribution in [1.82, 2.24) is 0 Å². The predicted molar refractivity (Wildman–Crippen MR) is 91.0 cm³/mol. The molecule has 0 aromatic heterocycles. The molecule has 0 amide bonds. The number of hydrogen-bond acceptors (Lipinski definition) is 2. The van der Waals surface area contributed by atoms with E-state index in [1.807, 2.05) is 6.07 Å². The highest BCUT2D eigenvalue weighted by atomic mass is 16.5. The van der Waals surface area contributed by atoms with E-state index in [1.54, 1.807) is 19.2 Å². The molecular formula is C19H30O3. The Labute approximate surface area is 134 Å². The monoisotopic (exact) mass is 306 g/mol. The van der Waals surface area contributed by atoms with Crippen molar-refractivity contribution in [2.24, 2.45) is 0 Å². The quantitative estimate of drug-likeness (QED) is 0.538. The summed E-state index contributed by atoms with van der Waals surface area (Å²) in [7, 11) is 1.58. The molecule has 0 aliphatic heterocycles. The summed E-state index contributed by atoms with van der Waals surface area (Å²) in [6, 6.07) is 5.31. The molecule has 0 spiro atoms. The number of carboxylic acid groups (broad SMARTS) is 1. The first-order valence-corrected chi connectivity index (χ1v) is 8.50. The lowest BCUT2D eigenvalue weighted by Crippen LogP contribution is -2.02. The lowest BCUT2D eigenvalue weighted by molar-refractivity contribution is 0.0696. The van der Waals surface area contributed by atoms with Gasteiger partial charge in [-0.25, -0.2) is 4.79 Å². The van der Waals surface area contributed by atoms with Crippen LogP contribution in [0, 0.1) is 0 Å². The summed E-state index contributed by atoms with van der Waals surface area (Å²) in [5, 5.41) is 9.17. The van der Waals surface area contributed by atoms with E-state index in [2.05, 4.69) is 13.8 Å². The molecule has 0 fully saturated rings. The summed E-state index contributed by atoms with van der Waals surface area (Å²) in [5.41, 5.74) is 1.36. The van der Waals surface area contributed by atoms with Crippen molar-refractivity contribution >= 4 is 5.97 Å². The van der Waals surface area contributed by atoms with Crippen LogP contribution in [0.1, 0.15) is 87.1 Å². The van der Waals surface area contributed by atoms with Crippen LogP contribution in [0.5, 0.6) is 5.75 Å². The lowest BCUT2D eigenvalue weighted by atomic mass is 9.93. The molecule has 0 aliphatic rings. The van der Waals surface area contributed by atoms with E-state index >= 15 is 0 Å². The van der Waals surface area contributed by atoms with Crippen molar-refractivity contribution in [2.45, 2.75) is 71.1 Å². The fourth-order valence-electron chi connectivity index (χ4n) is 2.72. The Balaban J connectivity index is 2.46. The van der Waals surface area contributed by atoms with E-state index in [0.29, 0.717) is 17.2 Å². The maximum atomic E-state index is 11.2. The van der Waals surface area contributed by atoms with Gasteiger partial charge in [-0.1, -0.05) is 58.8 Å². The summed E-state index contributed by atoms with van der Waals surface area (Å²) < 4.78 is 5.21. The third-order valence-corrected chi connectivity index (χ3v) is 4.22. The standard InChI is InChI=1S/C19H30O3/c1-4-5-6-7-8-9-10-11-15(2)16-12-17(19(20)21)14-18(13-16)22-3/h12-15H,4-11H2,1-3H3,(H,20,21)/t15-/m1/s1. The molecule has 1 atom stereocenters. The van der Waals surface area contributed by atoms with Crippen LogP contribution in [-0.4, -0.2) is 18.2 Å². The van der Waals surface area contributed by atoms with Gasteiger partial charge in [0.15, 0.2) is 0 Å². The topological polar surface area (TPSA) is 46.5 Å². The zero-order valence-electron chi connectivity index (χ0n) is 14.2. The minimum atomic E-state index is -0.900. The molecule has 1 aromatic rings. The summed E-state index contributed by atoms with van der Waals surface area (Å²) >= 11 is 0. The number of benzene rings is 1.